The summed E-state index contributed by atoms with van der Waals surface area (Å²) in [7, 11) is 0. The van der Waals surface area contributed by atoms with Crippen molar-refractivity contribution < 1.29 is 24.2 Å². The Balaban J connectivity index is 0.000000215. The summed E-state index contributed by atoms with van der Waals surface area (Å²) < 4.78 is 11.3. The summed E-state index contributed by atoms with van der Waals surface area (Å²) in [5, 5.41) is 16.0. The van der Waals surface area contributed by atoms with Crippen LogP contribution in [0.25, 0.3) is 0 Å². The van der Waals surface area contributed by atoms with Crippen LogP contribution in [0.5, 0.6) is 11.5 Å². The molecule has 1 aliphatic heterocycles. The Labute approximate surface area is 262 Å². The fraction of sp³-hybridized carbons (Fsp3) is 0.265. The van der Waals surface area contributed by atoms with Gasteiger partial charge in [0, 0.05) is 45.0 Å². The van der Waals surface area contributed by atoms with Crippen LogP contribution in [0.15, 0.2) is 97.2 Å². The summed E-state index contributed by atoms with van der Waals surface area (Å²) >= 11 is 6.31. The predicted molar refractivity (Wildman–Crippen MR) is 171 cm³/mol. The second-order valence-electron chi connectivity index (χ2n) is 10.1. The SMILES string of the molecule is C[C@@H](Oc1cc2c(cc1Cl)N(CCC(=O)O)C(=O)CO2)c1ccccn1.c1ccc(CNCCNCc2ccccc2)cc1. The van der Waals surface area contributed by atoms with Crippen LogP contribution in [0, 0.1) is 0 Å². The maximum absolute atomic E-state index is 12.1. The van der Waals surface area contributed by atoms with E-state index in [9.17, 15) is 9.59 Å². The number of carboxylic acid groups (broad SMARTS) is 1. The molecule has 0 saturated heterocycles. The molecule has 0 spiro atoms. The van der Waals surface area contributed by atoms with Crippen LogP contribution >= 0.6 is 11.6 Å². The number of aliphatic carboxylic acids is 1. The minimum Gasteiger partial charge on any atom is -0.483 e. The van der Waals surface area contributed by atoms with Gasteiger partial charge in [0.2, 0.25) is 0 Å². The second kappa shape index (κ2) is 17.0. The Morgan fingerprint density at radius 2 is 1.59 bits per heavy atom. The van der Waals surface area contributed by atoms with Crippen molar-refractivity contribution in [2.24, 2.45) is 0 Å². The zero-order valence-corrected chi connectivity index (χ0v) is 25.4. The first-order valence-corrected chi connectivity index (χ1v) is 14.8. The number of benzene rings is 3. The van der Waals surface area contributed by atoms with Gasteiger partial charge in [-0.2, -0.15) is 0 Å². The third-order valence-electron chi connectivity index (χ3n) is 6.74. The number of carboxylic acids is 1. The zero-order valence-electron chi connectivity index (χ0n) is 24.6. The van der Waals surface area contributed by atoms with E-state index in [4.69, 9.17) is 26.2 Å². The summed E-state index contributed by atoms with van der Waals surface area (Å²) in [5.74, 6) is -0.481. The van der Waals surface area contributed by atoms with Crippen LogP contribution in [-0.2, 0) is 22.7 Å². The van der Waals surface area contributed by atoms with E-state index in [2.05, 4.69) is 64.1 Å². The van der Waals surface area contributed by atoms with Crippen molar-refractivity contribution in [1.29, 1.82) is 0 Å². The summed E-state index contributed by atoms with van der Waals surface area (Å²) in [4.78, 5) is 28.5. The number of carbonyl (C=O) groups excluding carboxylic acids is 1. The molecule has 44 heavy (non-hydrogen) atoms. The third-order valence-corrected chi connectivity index (χ3v) is 7.03. The first kappa shape index (κ1) is 32.5. The molecule has 1 aliphatic rings. The van der Waals surface area contributed by atoms with E-state index in [0.29, 0.717) is 22.2 Å². The lowest BCUT2D eigenvalue weighted by atomic mass is 10.2. The van der Waals surface area contributed by atoms with Gasteiger partial charge in [0.1, 0.15) is 17.6 Å². The number of anilines is 1. The van der Waals surface area contributed by atoms with Crippen molar-refractivity contribution >= 4 is 29.2 Å². The molecule has 230 valence electrons. The molecule has 5 rings (SSSR count). The second-order valence-corrected chi connectivity index (χ2v) is 10.5. The van der Waals surface area contributed by atoms with E-state index in [1.165, 1.54) is 16.0 Å². The molecule has 1 amide bonds. The van der Waals surface area contributed by atoms with Crippen LogP contribution in [0.4, 0.5) is 5.69 Å². The quantitative estimate of drug-likeness (QED) is 0.165. The van der Waals surface area contributed by atoms with Gasteiger partial charge in [0.05, 0.1) is 22.8 Å². The number of rotatable bonds is 13. The average Bonchev–Trinajstić information content (AvgIpc) is 3.04. The van der Waals surface area contributed by atoms with E-state index in [1.54, 1.807) is 18.3 Å². The van der Waals surface area contributed by atoms with Crippen molar-refractivity contribution in [3.05, 3.63) is 119 Å². The fourth-order valence-electron chi connectivity index (χ4n) is 4.45. The minimum absolute atomic E-state index is 0.0470. The van der Waals surface area contributed by atoms with Crippen molar-refractivity contribution in [3.63, 3.8) is 0 Å². The normalized spacial score (nSPS) is 12.8. The van der Waals surface area contributed by atoms with E-state index in [-0.39, 0.29) is 31.6 Å². The Morgan fingerprint density at radius 3 is 2.16 bits per heavy atom. The lowest BCUT2D eigenvalue weighted by molar-refractivity contribution is -0.136. The Bertz CT molecular complexity index is 1430. The fourth-order valence-corrected chi connectivity index (χ4v) is 4.65. The minimum atomic E-state index is -0.985. The van der Waals surface area contributed by atoms with Gasteiger partial charge in [-0.25, -0.2) is 0 Å². The molecule has 0 fully saturated rings. The largest absolute Gasteiger partial charge is 0.483 e. The highest BCUT2D eigenvalue weighted by atomic mass is 35.5. The van der Waals surface area contributed by atoms with Gasteiger partial charge >= 0.3 is 5.97 Å². The smallest absolute Gasteiger partial charge is 0.305 e. The monoisotopic (exact) mass is 616 g/mol. The number of nitrogens with one attached hydrogen (secondary N) is 2. The third kappa shape index (κ3) is 10.1. The number of hydrogen-bond donors (Lipinski definition) is 3. The lowest BCUT2D eigenvalue weighted by Gasteiger charge is -2.30. The molecule has 4 aromatic rings. The highest BCUT2D eigenvalue weighted by molar-refractivity contribution is 6.32. The summed E-state index contributed by atoms with van der Waals surface area (Å²) in [5.41, 5.74) is 3.85. The molecule has 1 aromatic heterocycles. The molecule has 0 unspecified atom stereocenters. The van der Waals surface area contributed by atoms with Gasteiger partial charge in [-0.3, -0.25) is 14.6 Å². The maximum Gasteiger partial charge on any atom is 0.305 e. The number of fused-ring (bicyclic) bond motifs is 1. The van der Waals surface area contributed by atoms with Gasteiger partial charge in [-0.15, -0.1) is 0 Å². The number of ether oxygens (including phenoxy) is 2. The van der Waals surface area contributed by atoms with Gasteiger partial charge < -0.3 is 30.1 Å². The van der Waals surface area contributed by atoms with Crippen molar-refractivity contribution in [1.82, 2.24) is 15.6 Å². The molecule has 0 bridgehead atoms. The molecule has 9 nitrogen and oxygen atoms in total. The molecule has 2 heterocycles. The zero-order chi connectivity index (χ0) is 31.1. The van der Waals surface area contributed by atoms with Gasteiger partial charge in [0.25, 0.3) is 5.91 Å². The Hall–Kier alpha value is -4.44. The summed E-state index contributed by atoms with van der Waals surface area (Å²) in [6.45, 7) is 5.59. The number of halogens is 1. The van der Waals surface area contributed by atoms with Crippen molar-refractivity contribution in [3.8, 4) is 11.5 Å². The molecule has 3 N–H and O–H groups in total. The standard InChI is InChI=1S/C18H17ClN2O5.C16H20N2/c1-11(13-4-2-3-6-20-13)26-15-9-16-14(8-12(15)19)21(7-5-18(23)24)17(22)10-25-16;1-3-7-15(8-4-1)13-17-11-12-18-14-16-9-5-2-6-10-16/h2-4,6,8-9,11H,5,7,10H2,1H3,(H,23,24);1-10,17-18H,11-14H2/t11-;/m1./s1. The van der Waals surface area contributed by atoms with E-state index in [1.807, 2.05) is 37.3 Å². The number of carbonyl (C=O) groups is 2. The molecule has 10 heteroatoms. The summed E-state index contributed by atoms with van der Waals surface area (Å²) in [6, 6.07) is 29.7. The van der Waals surface area contributed by atoms with Crippen molar-refractivity contribution in [2.75, 3.05) is 31.1 Å². The topological polar surface area (TPSA) is 113 Å². The molecule has 0 aliphatic carbocycles. The first-order valence-electron chi connectivity index (χ1n) is 14.5. The van der Waals surface area contributed by atoms with Crippen LogP contribution in [0.3, 0.4) is 0 Å². The molecular formula is C34H37ClN4O5. The highest BCUT2D eigenvalue weighted by Crippen LogP contribution is 2.41. The van der Waals surface area contributed by atoms with Gasteiger partial charge in [-0.05, 0) is 36.2 Å². The van der Waals surface area contributed by atoms with Crippen LogP contribution in [0.2, 0.25) is 5.02 Å². The van der Waals surface area contributed by atoms with E-state index in [0.717, 1.165) is 31.9 Å². The van der Waals surface area contributed by atoms with E-state index < -0.39 is 5.97 Å². The Kier molecular flexibility index (Phi) is 12.6. The number of amides is 1. The first-order chi connectivity index (χ1) is 21.4. The van der Waals surface area contributed by atoms with E-state index >= 15 is 0 Å². The molecule has 0 saturated carbocycles. The Morgan fingerprint density at radius 1 is 0.977 bits per heavy atom. The number of pyridine rings is 1. The summed E-state index contributed by atoms with van der Waals surface area (Å²) in [6.07, 6.45) is 1.18. The van der Waals surface area contributed by atoms with Gasteiger partial charge in [-0.1, -0.05) is 78.3 Å². The van der Waals surface area contributed by atoms with Crippen LogP contribution in [0.1, 0.15) is 36.3 Å². The number of aromatic nitrogens is 1. The maximum atomic E-state index is 12.1. The van der Waals surface area contributed by atoms with Gasteiger partial charge in [0.15, 0.2) is 6.61 Å². The lowest BCUT2D eigenvalue weighted by Crippen LogP contribution is -2.40. The average molecular weight is 617 g/mol. The molecule has 3 aromatic carbocycles. The molecular weight excluding hydrogens is 580 g/mol. The molecule has 0 radical (unpaired) electrons. The van der Waals surface area contributed by atoms with Crippen LogP contribution in [-0.4, -0.2) is 48.2 Å². The number of hydrogen-bond acceptors (Lipinski definition) is 7. The highest BCUT2D eigenvalue weighted by Gasteiger charge is 2.28. The molecule has 1 atom stereocenters. The predicted octanol–water partition coefficient (Wildman–Crippen LogP) is 5.64. The number of nitrogens with zero attached hydrogens (tertiary/aromatic N) is 2. The van der Waals surface area contributed by atoms with Crippen LogP contribution < -0.4 is 25.0 Å². The van der Waals surface area contributed by atoms with Crippen molar-refractivity contribution in [2.45, 2.75) is 32.5 Å².